The van der Waals surface area contributed by atoms with Crippen molar-refractivity contribution in [1.29, 1.82) is 0 Å². The molecule has 2 N–H and O–H groups in total. The SMILES string of the molecule is CCn1nc(-c2ccc(N(C)C)c(F)c2)c2c(N)ncnc21. The van der Waals surface area contributed by atoms with Gasteiger partial charge in [-0.3, -0.25) is 0 Å². The number of aryl methyl sites for hydroxylation is 1. The van der Waals surface area contributed by atoms with Crippen LogP contribution >= 0.6 is 0 Å². The summed E-state index contributed by atoms with van der Waals surface area (Å²) in [5.74, 6) is 0.0360. The van der Waals surface area contributed by atoms with Crippen LogP contribution < -0.4 is 10.6 Å². The molecule has 114 valence electrons. The highest BCUT2D eigenvalue weighted by Crippen LogP contribution is 2.32. The van der Waals surface area contributed by atoms with Crippen LogP contribution in [-0.2, 0) is 6.54 Å². The minimum absolute atomic E-state index is 0.308. The molecule has 3 aromatic rings. The summed E-state index contributed by atoms with van der Waals surface area (Å²) in [6, 6.07) is 5.01. The van der Waals surface area contributed by atoms with Gasteiger partial charge in [-0.15, -0.1) is 0 Å². The molecule has 0 aliphatic rings. The fourth-order valence-corrected chi connectivity index (χ4v) is 2.47. The second-order valence-electron chi connectivity index (χ2n) is 5.18. The van der Waals surface area contributed by atoms with Gasteiger partial charge in [0.05, 0.1) is 11.1 Å². The second-order valence-corrected chi connectivity index (χ2v) is 5.18. The maximum absolute atomic E-state index is 14.2. The Labute approximate surface area is 127 Å². The highest BCUT2D eigenvalue weighted by Gasteiger charge is 2.17. The van der Waals surface area contributed by atoms with E-state index in [1.54, 1.807) is 29.7 Å². The van der Waals surface area contributed by atoms with E-state index in [9.17, 15) is 4.39 Å². The van der Waals surface area contributed by atoms with Gasteiger partial charge in [-0.2, -0.15) is 5.10 Å². The third kappa shape index (κ3) is 2.14. The highest BCUT2D eigenvalue weighted by molar-refractivity contribution is 5.98. The zero-order valence-electron chi connectivity index (χ0n) is 12.7. The van der Waals surface area contributed by atoms with Crippen molar-refractivity contribution in [2.45, 2.75) is 13.5 Å². The van der Waals surface area contributed by atoms with E-state index in [0.29, 0.717) is 40.3 Å². The molecule has 7 heteroatoms. The third-order valence-corrected chi connectivity index (χ3v) is 3.56. The lowest BCUT2D eigenvalue weighted by atomic mass is 10.1. The zero-order valence-corrected chi connectivity index (χ0v) is 12.7. The van der Waals surface area contributed by atoms with E-state index in [4.69, 9.17) is 5.73 Å². The van der Waals surface area contributed by atoms with Crippen molar-refractivity contribution >= 4 is 22.5 Å². The van der Waals surface area contributed by atoms with Gasteiger partial charge in [-0.1, -0.05) is 6.07 Å². The lowest BCUT2D eigenvalue weighted by Crippen LogP contribution is -2.10. The number of aromatic nitrogens is 4. The third-order valence-electron chi connectivity index (χ3n) is 3.56. The summed E-state index contributed by atoms with van der Waals surface area (Å²) in [6.45, 7) is 2.61. The van der Waals surface area contributed by atoms with Crippen LogP contribution in [0.3, 0.4) is 0 Å². The molecule has 0 aliphatic carbocycles. The van der Waals surface area contributed by atoms with Gasteiger partial charge >= 0.3 is 0 Å². The molecule has 2 aromatic heterocycles. The minimum Gasteiger partial charge on any atom is -0.383 e. The van der Waals surface area contributed by atoms with Crippen molar-refractivity contribution in [3.8, 4) is 11.3 Å². The van der Waals surface area contributed by atoms with Crippen molar-refractivity contribution < 1.29 is 4.39 Å². The Bertz CT molecular complexity index is 839. The van der Waals surface area contributed by atoms with E-state index in [2.05, 4.69) is 15.1 Å². The second kappa shape index (κ2) is 5.25. The van der Waals surface area contributed by atoms with Crippen LogP contribution in [0.25, 0.3) is 22.3 Å². The summed E-state index contributed by atoms with van der Waals surface area (Å²) in [4.78, 5) is 9.98. The van der Waals surface area contributed by atoms with E-state index >= 15 is 0 Å². The molecule has 6 nitrogen and oxygen atoms in total. The first-order valence-corrected chi connectivity index (χ1v) is 6.97. The maximum Gasteiger partial charge on any atom is 0.163 e. The molecule has 0 bridgehead atoms. The smallest absolute Gasteiger partial charge is 0.163 e. The Morgan fingerprint density at radius 2 is 2.05 bits per heavy atom. The first kappa shape index (κ1) is 14.2. The van der Waals surface area contributed by atoms with E-state index in [1.807, 2.05) is 13.0 Å². The molecule has 0 spiro atoms. The van der Waals surface area contributed by atoms with Gasteiger partial charge in [0.15, 0.2) is 5.65 Å². The average Bonchev–Trinajstić information content (AvgIpc) is 2.87. The number of fused-ring (bicyclic) bond motifs is 1. The van der Waals surface area contributed by atoms with E-state index in [-0.39, 0.29) is 5.82 Å². The number of benzene rings is 1. The molecule has 0 aliphatic heterocycles. The van der Waals surface area contributed by atoms with Crippen molar-refractivity contribution in [2.75, 3.05) is 24.7 Å². The molecule has 0 saturated heterocycles. The molecule has 0 amide bonds. The van der Waals surface area contributed by atoms with Gasteiger partial charge < -0.3 is 10.6 Å². The minimum atomic E-state index is -0.308. The van der Waals surface area contributed by atoms with Gasteiger partial charge in [-0.05, 0) is 19.1 Å². The fraction of sp³-hybridized carbons (Fsp3) is 0.267. The first-order valence-electron chi connectivity index (χ1n) is 6.97. The van der Waals surface area contributed by atoms with Crippen LogP contribution in [-0.4, -0.2) is 33.8 Å². The van der Waals surface area contributed by atoms with Gasteiger partial charge in [0.1, 0.15) is 23.7 Å². The Kier molecular flexibility index (Phi) is 3.40. The largest absolute Gasteiger partial charge is 0.383 e. The number of anilines is 2. The molecule has 0 unspecified atom stereocenters. The van der Waals surface area contributed by atoms with Crippen molar-refractivity contribution in [3.05, 3.63) is 30.3 Å². The molecule has 2 heterocycles. The molecule has 3 rings (SSSR count). The predicted molar refractivity (Wildman–Crippen MR) is 85.1 cm³/mol. The van der Waals surface area contributed by atoms with Crippen LogP contribution in [0.5, 0.6) is 0 Å². The van der Waals surface area contributed by atoms with Gasteiger partial charge in [0, 0.05) is 26.2 Å². The number of hydrogen-bond acceptors (Lipinski definition) is 5. The molecular formula is C15H17FN6. The van der Waals surface area contributed by atoms with Crippen molar-refractivity contribution in [2.24, 2.45) is 0 Å². The molecule has 0 atom stereocenters. The summed E-state index contributed by atoms with van der Waals surface area (Å²) in [7, 11) is 3.59. The molecule has 0 fully saturated rings. The summed E-state index contributed by atoms with van der Waals surface area (Å²) in [6.07, 6.45) is 1.41. The maximum atomic E-state index is 14.2. The number of nitrogens with two attached hydrogens (primary N) is 1. The molecule has 0 saturated carbocycles. The summed E-state index contributed by atoms with van der Waals surface area (Å²) in [5, 5.41) is 5.16. The summed E-state index contributed by atoms with van der Waals surface area (Å²) >= 11 is 0. The van der Waals surface area contributed by atoms with Crippen LogP contribution in [0.2, 0.25) is 0 Å². The van der Waals surface area contributed by atoms with E-state index in [0.717, 1.165) is 0 Å². The summed E-state index contributed by atoms with van der Waals surface area (Å²) in [5.41, 5.74) is 8.40. The quantitative estimate of drug-likeness (QED) is 0.803. The fourth-order valence-electron chi connectivity index (χ4n) is 2.47. The first-order chi connectivity index (χ1) is 10.5. The van der Waals surface area contributed by atoms with Gasteiger partial charge in [0.2, 0.25) is 0 Å². The topological polar surface area (TPSA) is 72.9 Å². The lowest BCUT2D eigenvalue weighted by molar-refractivity contribution is 0.626. The monoisotopic (exact) mass is 300 g/mol. The number of nitrogen functional groups attached to an aromatic ring is 1. The van der Waals surface area contributed by atoms with E-state index < -0.39 is 0 Å². The van der Waals surface area contributed by atoms with Crippen LogP contribution in [0.4, 0.5) is 15.9 Å². The molecular weight excluding hydrogens is 283 g/mol. The van der Waals surface area contributed by atoms with E-state index in [1.165, 1.54) is 12.4 Å². The Hall–Kier alpha value is -2.70. The Morgan fingerprint density at radius 1 is 1.27 bits per heavy atom. The molecule has 22 heavy (non-hydrogen) atoms. The van der Waals surface area contributed by atoms with Crippen LogP contribution in [0.1, 0.15) is 6.92 Å². The van der Waals surface area contributed by atoms with Crippen molar-refractivity contribution in [3.63, 3.8) is 0 Å². The lowest BCUT2D eigenvalue weighted by Gasteiger charge is -2.13. The molecule has 0 radical (unpaired) electrons. The molecule has 1 aromatic carbocycles. The standard InChI is InChI=1S/C15H17FN6/c1-4-22-15-12(14(17)18-8-19-15)13(20-22)9-5-6-11(21(2)3)10(16)7-9/h5-8H,4H2,1-3H3,(H2,17,18,19). The number of halogens is 1. The Balaban J connectivity index is 2.24. The number of hydrogen-bond donors (Lipinski definition) is 1. The van der Waals surface area contributed by atoms with Gasteiger partial charge in [0.25, 0.3) is 0 Å². The summed E-state index contributed by atoms with van der Waals surface area (Å²) < 4.78 is 16.0. The number of rotatable bonds is 3. The Morgan fingerprint density at radius 3 is 2.68 bits per heavy atom. The number of nitrogens with zero attached hydrogens (tertiary/aromatic N) is 5. The van der Waals surface area contributed by atoms with Gasteiger partial charge in [-0.25, -0.2) is 19.0 Å². The average molecular weight is 300 g/mol. The predicted octanol–water partition coefficient (Wildman–Crippen LogP) is 2.30. The normalized spacial score (nSPS) is 11.1. The van der Waals surface area contributed by atoms with Crippen molar-refractivity contribution in [1.82, 2.24) is 19.7 Å². The van der Waals surface area contributed by atoms with Crippen LogP contribution in [0.15, 0.2) is 24.5 Å². The zero-order chi connectivity index (χ0) is 15.9. The van der Waals surface area contributed by atoms with Crippen LogP contribution in [0, 0.1) is 5.82 Å². The highest BCUT2D eigenvalue weighted by atomic mass is 19.1.